The van der Waals surface area contributed by atoms with E-state index in [-0.39, 0.29) is 11.7 Å². The zero-order valence-corrected chi connectivity index (χ0v) is 10.4. The van der Waals surface area contributed by atoms with E-state index in [0.717, 1.165) is 12.8 Å². The molecule has 0 unspecified atom stereocenters. The van der Waals surface area contributed by atoms with Crippen LogP contribution in [0.2, 0.25) is 0 Å². The highest BCUT2D eigenvalue weighted by Gasteiger charge is 2.22. The fourth-order valence-electron chi connectivity index (χ4n) is 2.01. The summed E-state index contributed by atoms with van der Waals surface area (Å²) in [7, 11) is 0. The summed E-state index contributed by atoms with van der Waals surface area (Å²) < 4.78 is 12.9. The Labute approximate surface area is 110 Å². The first-order valence-electron chi connectivity index (χ1n) is 6.18. The molecule has 0 radical (unpaired) electrons. The van der Waals surface area contributed by atoms with Crippen LogP contribution in [0.4, 0.5) is 9.18 Å². The second kappa shape index (κ2) is 6.38. The van der Waals surface area contributed by atoms with Gasteiger partial charge in [-0.2, -0.15) is 4.89 Å². The number of halogens is 1. The van der Waals surface area contributed by atoms with Crippen LogP contribution in [0.3, 0.4) is 0 Å². The lowest BCUT2D eigenvalue weighted by Crippen LogP contribution is -2.38. The van der Waals surface area contributed by atoms with Crippen molar-refractivity contribution in [3.63, 3.8) is 0 Å². The second-order valence-corrected chi connectivity index (χ2v) is 4.54. The maximum absolute atomic E-state index is 12.9. The van der Waals surface area contributed by atoms with Gasteiger partial charge in [0.15, 0.2) is 5.75 Å². The molecule has 1 aromatic rings. The molecular formula is C13H16FNO4. The predicted molar refractivity (Wildman–Crippen MR) is 65.3 cm³/mol. The Balaban J connectivity index is 1.68. The zero-order chi connectivity index (χ0) is 13.7. The molecule has 1 fully saturated rings. The molecule has 1 aliphatic heterocycles. The minimum absolute atomic E-state index is 0.268. The van der Waals surface area contributed by atoms with E-state index in [1.165, 1.54) is 17.0 Å². The van der Waals surface area contributed by atoms with E-state index in [9.17, 15) is 9.18 Å². The molecule has 0 aromatic heterocycles. The molecule has 1 aliphatic rings. The van der Waals surface area contributed by atoms with E-state index in [4.69, 9.17) is 14.9 Å². The second-order valence-electron chi connectivity index (χ2n) is 4.54. The Morgan fingerprint density at radius 3 is 2.79 bits per heavy atom. The number of hydrogen-bond donors (Lipinski definition) is 1. The van der Waals surface area contributed by atoms with Crippen molar-refractivity contribution in [2.45, 2.75) is 12.8 Å². The van der Waals surface area contributed by atoms with Crippen LogP contribution in [0.15, 0.2) is 24.3 Å². The van der Waals surface area contributed by atoms with Gasteiger partial charge in [-0.25, -0.2) is 9.18 Å². The summed E-state index contributed by atoms with van der Waals surface area (Å²) in [6, 6.07) is 5.72. The molecule has 1 N–H and O–H groups in total. The molecule has 0 atom stereocenters. The third-order valence-corrected chi connectivity index (χ3v) is 3.14. The quantitative estimate of drug-likeness (QED) is 0.674. The molecule has 104 valence electrons. The van der Waals surface area contributed by atoms with Crippen molar-refractivity contribution in [1.82, 2.24) is 4.90 Å². The standard InChI is InChI=1S/C13H16FNO4/c14-11-2-1-3-12(8-11)19-18-9-10-4-6-15(7-5-10)13(16)17/h1-3,8,10H,4-7,9H2,(H,16,17). The van der Waals surface area contributed by atoms with Crippen LogP contribution in [0, 0.1) is 11.7 Å². The summed E-state index contributed by atoms with van der Waals surface area (Å²) in [4.78, 5) is 22.2. The third kappa shape index (κ3) is 4.10. The Bertz CT molecular complexity index is 432. The van der Waals surface area contributed by atoms with Crippen LogP contribution >= 0.6 is 0 Å². The number of piperidine rings is 1. The summed E-state index contributed by atoms with van der Waals surface area (Å²) in [5.41, 5.74) is 0. The number of benzene rings is 1. The number of likely N-dealkylation sites (tertiary alicyclic amines) is 1. The lowest BCUT2D eigenvalue weighted by atomic mass is 9.98. The molecule has 2 rings (SSSR count). The van der Waals surface area contributed by atoms with Gasteiger partial charge < -0.3 is 14.9 Å². The van der Waals surface area contributed by atoms with Gasteiger partial charge in [-0.15, -0.1) is 0 Å². The molecular weight excluding hydrogens is 253 g/mol. The van der Waals surface area contributed by atoms with Gasteiger partial charge in [0.05, 0.1) is 6.61 Å². The van der Waals surface area contributed by atoms with Crippen LogP contribution in [-0.2, 0) is 4.89 Å². The Hall–Kier alpha value is -1.82. The highest BCUT2D eigenvalue weighted by atomic mass is 19.1. The largest absolute Gasteiger partial charge is 0.465 e. The van der Waals surface area contributed by atoms with Crippen LogP contribution in [0.5, 0.6) is 5.75 Å². The lowest BCUT2D eigenvalue weighted by molar-refractivity contribution is -0.218. The van der Waals surface area contributed by atoms with Gasteiger partial charge in [0, 0.05) is 19.2 Å². The van der Waals surface area contributed by atoms with Crippen molar-refractivity contribution in [3.8, 4) is 5.75 Å². The van der Waals surface area contributed by atoms with Gasteiger partial charge in [-0.3, -0.25) is 0 Å². The molecule has 19 heavy (non-hydrogen) atoms. The lowest BCUT2D eigenvalue weighted by Gasteiger charge is -2.29. The summed E-state index contributed by atoms with van der Waals surface area (Å²) in [6.45, 7) is 1.41. The average molecular weight is 269 g/mol. The average Bonchev–Trinajstić information content (AvgIpc) is 2.39. The van der Waals surface area contributed by atoms with Crippen LogP contribution < -0.4 is 4.89 Å². The van der Waals surface area contributed by atoms with Gasteiger partial charge in [-0.1, -0.05) is 6.07 Å². The smallest absolute Gasteiger partial charge is 0.407 e. The number of rotatable bonds is 4. The molecule has 5 nitrogen and oxygen atoms in total. The highest BCUT2D eigenvalue weighted by Crippen LogP contribution is 2.18. The van der Waals surface area contributed by atoms with Gasteiger partial charge in [0.2, 0.25) is 0 Å². The van der Waals surface area contributed by atoms with Gasteiger partial charge in [0.1, 0.15) is 5.82 Å². The van der Waals surface area contributed by atoms with Crippen molar-refractivity contribution in [2.75, 3.05) is 19.7 Å². The van der Waals surface area contributed by atoms with E-state index in [0.29, 0.717) is 25.4 Å². The fourth-order valence-corrected chi connectivity index (χ4v) is 2.01. The molecule has 6 heteroatoms. The first-order chi connectivity index (χ1) is 9.15. The van der Waals surface area contributed by atoms with E-state index in [1.807, 2.05) is 0 Å². The molecule has 1 saturated heterocycles. The van der Waals surface area contributed by atoms with Crippen molar-refractivity contribution >= 4 is 6.09 Å². The maximum Gasteiger partial charge on any atom is 0.407 e. The summed E-state index contributed by atoms with van der Waals surface area (Å²) in [5, 5.41) is 8.81. The summed E-state index contributed by atoms with van der Waals surface area (Å²) in [6.07, 6.45) is 0.618. The van der Waals surface area contributed by atoms with Crippen LogP contribution in [-0.4, -0.2) is 35.8 Å². The Morgan fingerprint density at radius 2 is 2.16 bits per heavy atom. The van der Waals surface area contributed by atoms with Crippen molar-refractivity contribution in [1.29, 1.82) is 0 Å². The molecule has 0 bridgehead atoms. The van der Waals surface area contributed by atoms with Crippen molar-refractivity contribution < 1.29 is 24.1 Å². The van der Waals surface area contributed by atoms with Gasteiger partial charge in [0.25, 0.3) is 0 Å². The number of amides is 1. The van der Waals surface area contributed by atoms with E-state index < -0.39 is 6.09 Å². The maximum atomic E-state index is 12.9. The van der Waals surface area contributed by atoms with Crippen molar-refractivity contribution in [3.05, 3.63) is 30.1 Å². The number of nitrogens with zero attached hydrogens (tertiary/aromatic N) is 1. The number of carboxylic acid groups (broad SMARTS) is 1. The Morgan fingerprint density at radius 1 is 1.42 bits per heavy atom. The van der Waals surface area contributed by atoms with E-state index >= 15 is 0 Å². The minimum Gasteiger partial charge on any atom is -0.465 e. The molecule has 1 heterocycles. The van der Waals surface area contributed by atoms with Crippen molar-refractivity contribution in [2.24, 2.45) is 5.92 Å². The third-order valence-electron chi connectivity index (χ3n) is 3.14. The fraction of sp³-hybridized carbons (Fsp3) is 0.462. The normalized spacial score (nSPS) is 16.4. The summed E-state index contributed by atoms with van der Waals surface area (Å²) in [5.74, 6) is 0.211. The van der Waals surface area contributed by atoms with E-state index in [2.05, 4.69) is 0 Å². The molecule has 1 amide bonds. The SMILES string of the molecule is O=C(O)N1CCC(COOc2cccc(F)c2)CC1. The molecule has 0 spiro atoms. The van der Waals surface area contributed by atoms with Crippen LogP contribution in [0.25, 0.3) is 0 Å². The molecule has 0 saturated carbocycles. The Kier molecular flexibility index (Phi) is 4.57. The topological polar surface area (TPSA) is 59.0 Å². The minimum atomic E-state index is -0.879. The molecule has 1 aromatic carbocycles. The van der Waals surface area contributed by atoms with Gasteiger partial charge >= 0.3 is 6.09 Å². The van der Waals surface area contributed by atoms with Gasteiger partial charge in [-0.05, 0) is 30.9 Å². The number of carbonyl (C=O) groups is 1. The summed E-state index contributed by atoms with van der Waals surface area (Å²) >= 11 is 0. The number of hydrogen-bond acceptors (Lipinski definition) is 3. The first kappa shape index (κ1) is 13.6. The van der Waals surface area contributed by atoms with Crippen LogP contribution in [0.1, 0.15) is 12.8 Å². The highest BCUT2D eigenvalue weighted by molar-refractivity contribution is 5.64. The first-order valence-corrected chi connectivity index (χ1v) is 6.18. The zero-order valence-electron chi connectivity index (χ0n) is 10.4. The molecule has 0 aliphatic carbocycles. The van der Waals surface area contributed by atoms with E-state index in [1.54, 1.807) is 12.1 Å². The monoisotopic (exact) mass is 269 g/mol. The predicted octanol–water partition coefficient (Wildman–Crippen LogP) is 2.53.